The number of rotatable bonds is 8. The highest BCUT2D eigenvalue weighted by molar-refractivity contribution is 5.70. The number of methoxy groups -OCH3 is 2. The molecular weight excluding hydrogens is 258 g/mol. The predicted octanol–water partition coefficient (Wildman–Crippen LogP) is 2.25. The molecule has 0 amide bonds. The molecule has 2 atom stereocenters. The van der Waals surface area contributed by atoms with E-state index in [1.807, 2.05) is 25.1 Å². The van der Waals surface area contributed by atoms with Gasteiger partial charge in [-0.15, -0.1) is 0 Å². The minimum atomic E-state index is -0.841. The van der Waals surface area contributed by atoms with Crippen molar-refractivity contribution in [3.8, 4) is 11.5 Å². The van der Waals surface area contributed by atoms with Gasteiger partial charge in [0, 0.05) is 6.54 Å². The predicted molar refractivity (Wildman–Crippen MR) is 77.4 cm³/mol. The maximum Gasteiger partial charge on any atom is 0.307 e. The fourth-order valence-electron chi connectivity index (χ4n) is 2.29. The topological polar surface area (TPSA) is 81.8 Å². The standard InChI is InChI=1S/C15H23NO4/c1-4-10(7-12(9-16)15(17)18)11-5-6-13(19-2)14(8-11)20-3/h5-6,8,10,12H,4,7,9,16H2,1-3H3,(H,17,18). The van der Waals surface area contributed by atoms with Crippen LogP contribution in [0, 0.1) is 5.92 Å². The average Bonchev–Trinajstić information content (AvgIpc) is 2.47. The summed E-state index contributed by atoms with van der Waals surface area (Å²) in [5, 5.41) is 9.12. The zero-order valence-corrected chi connectivity index (χ0v) is 12.3. The summed E-state index contributed by atoms with van der Waals surface area (Å²) < 4.78 is 10.5. The van der Waals surface area contributed by atoms with E-state index in [0.29, 0.717) is 17.9 Å². The van der Waals surface area contributed by atoms with Gasteiger partial charge in [0.15, 0.2) is 11.5 Å². The first-order valence-electron chi connectivity index (χ1n) is 6.72. The maximum absolute atomic E-state index is 11.1. The number of carboxylic acids is 1. The summed E-state index contributed by atoms with van der Waals surface area (Å²) in [7, 11) is 3.17. The van der Waals surface area contributed by atoms with Crippen LogP contribution in [0.2, 0.25) is 0 Å². The van der Waals surface area contributed by atoms with E-state index in [1.165, 1.54) is 0 Å². The third-order valence-corrected chi connectivity index (χ3v) is 3.57. The van der Waals surface area contributed by atoms with E-state index in [-0.39, 0.29) is 12.5 Å². The van der Waals surface area contributed by atoms with E-state index in [2.05, 4.69) is 0 Å². The molecule has 0 aliphatic heterocycles. The molecular formula is C15H23NO4. The SMILES string of the molecule is CCC(CC(CN)C(=O)O)c1ccc(OC)c(OC)c1. The Bertz CT molecular complexity index is 447. The van der Waals surface area contributed by atoms with Crippen LogP contribution in [0.15, 0.2) is 18.2 Å². The van der Waals surface area contributed by atoms with Gasteiger partial charge in [-0.05, 0) is 36.5 Å². The van der Waals surface area contributed by atoms with Crippen molar-refractivity contribution < 1.29 is 19.4 Å². The minimum Gasteiger partial charge on any atom is -0.493 e. The van der Waals surface area contributed by atoms with Crippen LogP contribution in [0.25, 0.3) is 0 Å². The summed E-state index contributed by atoms with van der Waals surface area (Å²) >= 11 is 0. The van der Waals surface area contributed by atoms with Crippen molar-refractivity contribution in [2.75, 3.05) is 20.8 Å². The van der Waals surface area contributed by atoms with E-state index in [1.54, 1.807) is 14.2 Å². The largest absolute Gasteiger partial charge is 0.493 e. The Morgan fingerprint density at radius 1 is 1.30 bits per heavy atom. The molecule has 1 rings (SSSR count). The molecule has 0 radical (unpaired) electrons. The molecule has 2 unspecified atom stereocenters. The lowest BCUT2D eigenvalue weighted by Gasteiger charge is -2.20. The zero-order chi connectivity index (χ0) is 15.1. The van der Waals surface area contributed by atoms with Crippen LogP contribution in [0.4, 0.5) is 0 Å². The Hall–Kier alpha value is -1.75. The summed E-state index contributed by atoms with van der Waals surface area (Å²) in [5.41, 5.74) is 6.58. The number of hydrogen-bond acceptors (Lipinski definition) is 4. The molecule has 1 aromatic carbocycles. The highest BCUT2D eigenvalue weighted by Gasteiger charge is 2.22. The lowest BCUT2D eigenvalue weighted by Crippen LogP contribution is -2.25. The monoisotopic (exact) mass is 281 g/mol. The van der Waals surface area contributed by atoms with Crippen LogP contribution in [0.3, 0.4) is 0 Å². The Labute approximate surface area is 119 Å². The van der Waals surface area contributed by atoms with Gasteiger partial charge in [-0.25, -0.2) is 0 Å². The Balaban J connectivity index is 2.97. The molecule has 0 aliphatic carbocycles. The molecule has 0 saturated carbocycles. The normalized spacial score (nSPS) is 13.6. The molecule has 0 heterocycles. The number of nitrogens with two attached hydrogens (primary N) is 1. The van der Waals surface area contributed by atoms with E-state index in [0.717, 1.165) is 12.0 Å². The van der Waals surface area contributed by atoms with Crippen LogP contribution in [-0.2, 0) is 4.79 Å². The molecule has 5 heteroatoms. The van der Waals surface area contributed by atoms with Gasteiger partial charge in [-0.3, -0.25) is 4.79 Å². The first kappa shape index (κ1) is 16.3. The van der Waals surface area contributed by atoms with Crippen molar-refractivity contribution in [3.63, 3.8) is 0 Å². The quantitative estimate of drug-likeness (QED) is 0.763. The van der Waals surface area contributed by atoms with E-state index < -0.39 is 11.9 Å². The van der Waals surface area contributed by atoms with Crippen LogP contribution in [0.1, 0.15) is 31.2 Å². The van der Waals surface area contributed by atoms with E-state index in [9.17, 15) is 4.79 Å². The van der Waals surface area contributed by atoms with Gasteiger partial charge in [0.1, 0.15) is 0 Å². The number of benzene rings is 1. The second kappa shape index (κ2) is 7.75. The van der Waals surface area contributed by atoms with Crippen molar-refractivity contribution >= 4 is 5.97 Å². The Kier molecular flexibility index (Phi) is 6.31. The number of carboxylic acid groups (broad SMARTS) is 1. The molecule has 1 aromatic rings. The first-order valence-corrected chi connectivity index (χ1v) is 6.72. The highest BCUT2D eigenvalue weighted by atomic mass is 16.5. The van der Waals surface area contributed by atoms with Crippen molar-refractivity contribution in [3.05, 3.63) is 23.8 Å². The molecule has 3 N–H and O–H groups in total. The van der Waals surface area contributed by atoms with E-state index in [4.69, 9.17) is 20.3 Å². The second-order valence-corrected chi connectivity index (χ2v) is 4.73. The van der Waals surface area contributed by atoms with Crippen LogP contribution in [-0.4, -0.2) is 31.8 Å². The van der Waals surface area contributed by atoms with Gasteiger partial charge >= 0.3 is 5.97 Å². The average molecular weight is 281 g/mol. The second-order valence-electron chi connectivity index (χ2n) is 4.73. The molecule has 0 saturated heterocycles. The van der Waals surface area contributed by atoms with Crippen LogP contribution in [0.5, 0.6) is 11.5 Å². The van der Waals surface area contributed by atoms with Gasteiger partial charge in [0.05, 0.1) is 20.1 Å². The summed E-state index contributed by atoms with van der Waals surface area (Å²) in [5.74, 6) is 0.0988. The van der Waals surface area contributed by atoms with Crippen molar-refractivity contribution in [2.45, 2.75) is 25.7 Å². The molecule has 0 fully saturated rings. The molecule has 0 aliphatic rings. The van der Waals surface area contributed by atoms with Crippen LogP contribution < -0.4 is 15.2 Å². The molecule has 0 bridgehead atoms. The number of aliphatic carboxylic acids is 1. The number of carbonyl (C=O) groups is 1. The number of hydrogen-bond donors (Lipinski definition) is 2. The summed E-state index contributed by atoms with van der Waals surface area (Å²) in [6, 6.07) is 5.70. The summed E-state index contributed by atoms with van der Waals surface area (Å²) in [4.78, 5) is 11.1. The van der Waals surface area contributed by atoms with Gasteiger partial charge in [0.25, 0.3) is 0 Å². The Morgan fingerprint density at radius 3 is 2.40 bits per heavy atom. The molecule has 112 valence electrons. The van der Waals surface area contributed by atoms with E-state index >= 15 is 0 Å². The molecule has 20 heavy (non-hydrogen) atoms. The Morgan fingerprint density at radius 2 is 1.95 bits per heavy atom. The van der Waals surface area contributed by atoms with Crippen molar-refractivity contribution in [2.24, 2.45) is 11.7 Å². The first-order chi connectivity index (χ1) is 9.57. The summed E-state index contributed by atoms with van der Waals surface area (Å²) in [6.07, 6.45) is 1.37. The van der Waals surface area contributed by atoms with Gasteiger partial charge < -0.3 is 20.3 Å². The van der Waals surface area contributed by atoms with Crippen LogP contribution >= 0.6 is 0 Å². The van der Waals surface area contributed by atoms with Gasteiger partial charge in [0.2, 0.25) is 0 Å². The van der Waals surface area contributed by atoms with Crippen molar-refractivity contribution in [1.29, 1.82) is 0 Å². The third kappa shape index (κ3) is 3.87. The number of ether oxygens (including phenoxy) is 2. The molecule has 0 aromatic heterocycles. The van der Waals surface area contributed by atoms with Crippen molar-refractivity contribution in [1.82, 2.24) is 0 Å². The summed E-state index contributed by atoms with van der Waals surface area (Å²) in [6.45, 7) is 2.19. The fraction of sp³-hybridized carbons (Fsp3) is 0.533. The zero-order valence-electron chi connectivity index (χ0n) is 12.3. The van der Waals surface area contributed by atoms with Gasteiger partial charge in [-0.1, -0.05) is 13.0 Å². The molecule has 5 nitrogen and oxygen atoms in total. The lowest BCUT2D eigenvalue weighted by atomic mass is 9.87. The van der Waals surface area contributed by atoms with Gasteiger partial charge in [-0.2, -0.15) is 0 Å². The fourth-order valence-corrected chi connectivity index (χ4v) is 2.29. The molecule has 0 spiro atoms. The third-order valence-electron chi connectivity index (χ3n) is 3.57. The maximum atomic E-state index is 11.1. The minimum absolute atomic E-state index is 0.138. The smallest absolute Gasteiger partial charge is 0.307 e. The lowest BCUT2D eigenvalue weighted by molar-refractivity contribution is -0.141. The highest BCUT2D eigenvalue weighted by Crippen LogP contribution is 2.34.